The number of furan rings is 1. The van der Waals surface area contributed by atoms with Crippen LogP contribution in [0.25, 0.3) is 0 Å². The number of anilines is 1. The Balaban J connectivity index is 1.42. The number of nitrogens with zero attached hydrogens (tertiary/aromatic N) is 2. The molecule has 0 atom stereocenters. The van der Waals surface area contributed by atoms with Gasteiger partial charge in [0.1, 0.15) is 5.76 Å². The van der Waals surface area contributed by atoms with Crippen molar-refractivity contribution in [2.75, 3.05) is 31.5 Å². The van der Waals surface area contributed by atoms with Crippen LogP contribution in [0.4, 0.5) is 10.5 Å². The highest BCUT2D eigenvalue weighted by atomic mass is 35.5. The maximum atomic E-state index is 13.1. The Labute approximate surface area is 180 Å². The Morgan fingerprint density at radius 1 is 1.00 bits per heavy atom. The van der Waals surface area contributed by atoms with Crippen LogP contribution in [0, 0.1) is 6.92 Å². The van der Waals surface area contributed by atoms with Crippen LogP contribution in [0.3, 0.4) is 0 Å². The van der Waals surface area contributed by atoms with Crippen molar-refractivity contribution in [2.45, 2.75) is 32.6 Å². The lowest BCUT2D eigenvalue weighted by atomic mass is 9.94. The second kappa shape index (κ2) is 8.52. The summed E-state index contributed by atoms with van der Waals surface area (Å²) in [6.45, 7) is 3.69. The average Bonchev–Trinajstić information content (AvgIpc) is 2.90. The fourth-order valence-electron chi connectivity index (χ4n) is 4.06. The van der Waals surface area contributed by atoms with E-state index < -0.39 is 0 Å². The summed E-state index contributed by atoms with van der Waals surface area (Å²) < 4.78 is 5.81. The molecule has 2 heterocycles. The van der Waals surface area contributed by atoms with Gasteiger partial charge >= 0.3 is 6.03 Å². The summed E-state index contributed by atoms with van der Waals surface area (Å²) >= 11 is 5.88. The van der Waals surface area contributed by atoms with Gasteiger partial charge in [-0.25, -0.2) is 4.79 Å². The largest absolute Gasteiger partial charge is 0.455 e. The van der Waals surface area contributed by atoms with Gasteiger partial charge in [0.2, 0.25) is 0 Å². The number of fused-ring (bicyclic) bond motifs is 1. The highest BCUT2D eigenvalue weighted by molar-refractivity contribution is 6.30. The van der Waals surface area contributed by atoms with Crippen LogP contribution < -0.4 is 5.32 Å². The molecule has 1 aliphatic heterocycles. The number of carbonyl (C=O) groups excluding carboxylic acids is 3. The number of hydrogen-bond donors (Lipinski definition) is 1. The zero-order valence-corrected chi connectivity index (χ0v) is 17.6. The third-order valence-electron chi connectivity index (χ3n) is 5.67. The van der Waals surface area contributed by atoms with Crippen LogP contribution >= 0.6 is 11.6 Å². The fourth-order valence-corrected chi connectivity index (χ4v) is 4.18. The van der Waals surface area contributed by atoms with Crippen molar-refractivity contribution in [3.8, 4) is 0 Å². The lowest BCUT2D eigenvalue weighted by Gasteiger charge is -2.22. The number of halogens is 1. The smallest absolute Gasteiger partial charge is 0.321 e. The van der Waals surface area contributed by atoms with Gasteiger partial charge in [-0.3, -0.25) is 9.59 Å². The lowest BCUT2D eigenvalue weighted by molar-refractivity contribution is 0.0727. The van der Waals surface area contributed by atoms with E-state index in [9.17, 15) is 14.4 Å². The molecular formula is C22H24ClN3O4. The summed E-state index contributed by atoms with van der Waals surface area (Å²) in [7, 11) is 0. The third-order valence-corrected chi connectivity index (χ3v) is 5.92. The number of benzene rings is 1. The number of Topliss-reactive ketones (excluding diaryl/α,β-unsaturated/α-hetero) is 1. The third kappa shape index (κ3) is 4.07. The predicted octanol–water partition coefficient (Wildman–Crippen LogP) is 4.14. The lowest BCUT2D eigenvalue weighted by Crippen LogP contribution is -2.39. The minimum Gasteiger partial charge on any atom is -0.455 e. The van der Waals surface area contributed by atoms with Gasteiger partial charge in [0.05, 0.1) is 5.56 Å². The van der Waals surface area contributed by atoms with E-state index in [0.717, 1.165) is 6.42 Å². The van der Waals surface area contributed by atoms with E-state index in [1.165, 1.54) is 0 Å². The van der Waals surface area contributed by atoms with Crippen LogP contribution in [-0.2, 0) is 6.42 Å². The van der Waals surface area contributed by atoms with E-state index in [0.29, 0.717) is 73.0 Å². The van der Waals surface area contributed by atoms with E-state index in [4.69, 9.17) is 16.0 Å². The number of urea groups is 1. The van der Waals surface area contributed by atoms with Crippen molar-refractivity contribution in [3.05, 3.63) is 51.9 Å². The number of amides is 3. The second-order valence-corrected chi connectivity index (χ2v) is 8.14. The molecule has 1 aromatic carbocycles. The average molecular weight is 430 g/mol. The Morgan fingerprint density at radius 2 is 1.70 bits per heavy atom. The SMILES string of the molecule is Cc1c(C(=O)N2CCCN(C(=O)Nc3ccc(Cl)cc3)CC2)oc2c1C(=O)CCC2. The van der Waals surface area contributed by atoms with Crippen molar-refractivity contribution in [1.82, 2.24) is 9.80 Å². The summed E-state index contributed by atoms with van der Waals surface area (Å²) in [5.74, 6) is 0.729. The van der Waals surface area contributed by atoms with Gasteiger partial charge in [0.25, 0.3) is 5.91 Å². The van der Waals surface area contributed by atoms with E-state index in [1.54, 1.807) is 41.0 Å². The van der Waals surface area contributed by atoms with Crippen LogP contribution in [0.15, 0.2) is 28.7 Å². The van der Waals surface area contributed by atoms with Crippen molar-refractivity contribution in [3.63, 3.8) is 0 Å². The minimum atomic E-state index is -0.213. The maximum Gasteiger partial charge on any atom is 0.321 e. The standard InChI is InChI=1S/C22H24ClN3O4/c1-14-19-17(27)4-2-5-18(19)30-20(14)21(28)25-10-3-11-26(13-12-25)22(29)24-16-8-6-15(23)7-9-16/h6-9H,2-5,10-13H2,1H3,(H,24,29). The molecule has 1 aliphatic carbocycles. The van der Waals surface area contributed by atoms with Crippen molar-refractivity contribution in [1.29, 1.82) is 0 Å². The quantitative estimate of drug-likeness (QED) is 0.777. The molecule has 30 heavy (non-hydrogen) atoms. The van der Waals surface area contributed by atoms with Crippen LogP contribution in [0.2, 0.25) is 5.02 Å². The zero-order chi connectivity index (χ0) is 21.3. The first-order chi connectivity index (χ1) is 14.4. The molecule has 7 nitrogen and oxygen atoms in total. The number of carbonyl (C=O) groups is 3. The molecule has 0 spiro atoms. The van der Waals surface area contributed by atoms with Gasteiger partial charge in [0.15, 0.2) is 11.5 Å². The molecule has 1 fully saturated rings. The topological polar surface area (TPSA) is 82.9 Å². The van der Waals surface area contributed by atoms with E-state index in [1.807, 2.05) is 0 Å². The Hall–Kier alpha value is -2.80. The van der Waals surface area contributed by atoms with Gasteiger partial charge in [0, 0.05) is 55.3 Å². The zero-order valence-electron chi connectivity index (χ0n) is 16.9. The summed E-state index contributed by atoms with van der Waals surface area (Å²) in [6.07, 6.45) is 2.61. The van der Waals surface area contributed by atoms with Crippen molar-refractivity contribution < 1.29 is 18.8 Å². The number of hydrogen-bond acceptors (Lipinski definition) is 4. The normalized spacial score (nSPS) is 16.8. The van der Waals surface area contributed by atoms with Gasteiger partial charge in [-0.1, -0.05) is 11.6 Å². The first-order valence-corrected chi connectivity index (χ1v) is 10.6. The molecule has 1 saturated heterocycles. The Kier molecular flexibility index (Phi) is 5.81. The first kappa shape index (κ1) is 20.5. The van der Waals surface area contributed by atoms with E-state index in [2.05, 4.69) is 5.32 Å². The predicted molar refractivity (Wildman–Crippen MR) is 113 cm³/mol. The van der Waals surface area contributed by atoms with Gasteiger partial charge in [-0.15, -0.1) is 0 Å². The Morgan fingerprint density at radius 3 is 2.43 bits per heavy atom. The minimum absolute atomic E-state index is 0.0532. The number of aryl methyl sites for hydroxylation is 1. The molecular weight excluding hydrogens is 406 g/mol. The molecule has 2 aliphatic rings. The molecule has 0 saturated carbocycles. The van der Waals surface area contributed by atoms with E-state index >= 15 is 0 Å². The summed E-state index contributed by atoms with van der Waals surface area (Å²) in [5.41, 5.74) is 1.90. The molecule has 0 bridgehead atoms. The molecule has 3 amide bonds. The number of nitrogens with one attached hydrogen (secondary N) is 1. The first-order valence-electron chi connectivity index (χ1n) is 10.2. The molecule has 1 aromatic heterocycles. The van der Waals surface area contributed by atoms with Crippen LogP contribution in [-0.4, -0.2) is 53.7 Å². The molecule has 2 aromatic rings. The highest BCUT2D eigenvalue weighted by Gasteiger charge is 2.31. The van der Waals surface area contributed by atoms with Crippen molar-refractivity contribution in [2.24, 2.45) is 0 Å². The second-order valence-electron chi connectivity index (χ2n) is 7.70. The molecule has 158 valence electrons. The summed E-state index contributed by atoms with van der Waals surface area (Å²) in [4.78, 5) is 41.3. The fraction of sp³-hybridized carbons (Fsp3) is 0.409. The van der Waals surface area contributed by atoms with Gasteiger partial charge in [-0.2, -0.15) is 0 Å². The monoisotopic (exact) mass is 429 g/mol. The maximum absolute atomic E-state index is 13.1. The molecule has 8 heteroatoms. The number of ketones is 1. The van der Waals surface area contributed by atoms with Gasteiger partial charge in [-0.05, 0) is 44.0 Å². The molecule has 0 unspecified atom stereocenters. The molecule has 1 N–H and O–H groups in total. The number of rotatable bonds is 2. The highest BCUT2D eigenvalue weighted by Crippen LogP contribution is 2.30. The summed E-state index contributed by atoms with van der Waals surface area (Å²) in [5, 5.41) is 3.46. The van der Waals surface area contributed by atoms with Crippen molar-refractivity contribution >= 4 is 35.0 Å². The Bertz CT molecular complexity index is 983. The van der Waals surface area contributed by atoms with E-state index in [-0.39, 0.29) is 23.5 Å². The molecule has 0 radical (unpaired) electrons. The van der Waals surface area contributed by atoms with Crippen LogP contribution in [0.5, 0.6) is 0 Å². The van der Waals surface area contributed by atoms with Gasteiger partial charge < -0.3 is 19.5 Å². The summed E-state index contributed by atoms with van der Waals surface area (Å²) in [6, 6.07) is 6.72. The molecule has 4 rings (SSSR count). The van der Waals surface area contributed by atoms with Crippen LogP contribution in [0.1, 0.15) is 51.5 Å².